The Labute approximate surface area is 126 Å². The number of carbonyl (C=O) groups is 1. The lowest BCUT2D eigenvalue weighted by atomic mass is 10.1. The number of ketones is 1. The fourth-order valence-corrected chi connectivity index (χ4v) is 1.65. The highest BCUT2D eigenvalue weighted by Crippen LogP contribution is 2.12. The lowest BCUT2D eigenvalue weighted by Crippen LogP contribution is -3.00. The Morgan fingerprint density at radius 3 is 2.50 bits per heavy atom. The number of hydrogen-bond acceptors (Lipinski definition) is 4. The van der Waals surface area contributed by atoms with Gasteiger partial charge in [-0.2, -0.15) is 0 Å². The fourth-order valence-electron chi connectivity index (χ4n) is 1.65. The third-order valence-electron chi connectivity index (χ3n) is 2.59. The van der Waals surface area contributed by atoms with Gasteiger partial charge >= 0.3 is 0 Å². The van der Waals surface area contributed by atoms with E-state index in [1.807, 2.05) is 19.1 Å². The summed E-state index contributed by atoms with van der Waals surface area (Å²) in [6.45, 7) is 1.95. The number of halogens is 1. The Bertz CT molecular complexity index is 629. The molecule has 0 aliphatic rings. The Morgan fingerprint density at radius 1 is 1.30 bits per heavy atom. The van der Waals surface area contributed by atoms with Crippen LogP contribution in [-0.2, 0) is 6.54 Å². The molecule has 0 saturated heterocycles. The van der Waals surface area contributed by atoms with Gasteiger partial charge in [0.05, 0.1) is 4.92 Å². The van der Waals surface area contributed by atoms with Crippen LogP contribution in [0.5, 0.6) is 0 Å². The zero-order valence-corrected chi connectivity index (χ0v) is 12.3. The van der Waals surface area contributed by atoms with Crippen LogP contribution in [0.1, 0.15) is 16.1 Å². The molecule has 2 aromatic rings. The lowest BCUT2D eigenvalue weighted by molar-refractivity contribution is -0.741. The predicted molar refractivity (Wildman–Crippen MR) is 66.6 cm³/mol. The second-order valence-electron chi connectivity index (χ2n) is 4.07. The van der Waals surface area contributed by atoms with Crippen molar-refractivity contribution in [2.45, 2.75) is 13.5 Å². The number of nitrogens with zero attached hydrogens (tertiary/aromatic N) is 3. The maximum absolute atomic E-state index is 12.0. The Balaban J connectivity index is 0.00000200. The molecule has 1 heterocycles. The summed E-state index contributed by atoms with van der Waals surface area (Å²) in [6.07, 6.45) is 1.70. The largest absolute Gasteiger partial charge is 1.00 e. The molecule has 7 heteroatoms. The molecular formula is C13H12BrN3O3. The minimum Gasteiger partial charge on any atom is -1.00 e. The average Bonchev–Trinajstić information content (AvgIpc) is 2.39. The topological polar surface area (TPSA) is 77.0 Å². The minimum atomic E-state index is -0.495. The molecule has 0 aliphatic heterocycles. The van der Waals surface area contributed by atoms with E-state index in [2.05, 4.69) is 5.10 Å². The Hall–Kier alpha value is -2.15. The van der Waals surface area contributed by atoms with Crippen LogP contribution in [-0.4, -0.2) is 15.8 Å². The van der Waals surface area contributed by atoms with Crippen molar-refractivity contribution in [3.63, 3.8) is 0 Å². The van der Waals surface area contributed by atoms with E-state index in [0.29, 0.717) is 5.56 Å². The molecule has 0 bridgehead atoms. The SMILES string of the molecule is Cc1ccc[n+](CC(=O)c2ccc([N+](=O)[O-])cc2)n1.[Br-]. The second-order valence-corrected chi connectivity index (χ2v) is 4.07. The smallest absolute Gasteiger partial charge is 0.269 e. The first-order valence-electron chi connectivity index (χ1n) is 5.67. The van der Waals surface area contributed by atoms with Gasteiger partial charge in [0.25, 0.3) is 5.69 Å². The van der Waals surface area contributed by atoms with Crippen molar-refractivity contribution in [1.29, 1.82) is 0 Å². The molecule has 0 N–H and O–H groups in total. The van der Waals surface area contributed by atoms with Crippen LogP contribution in [0, 0.1) is 17.0 Å². The van der Waals surface area contributed by atoms with Crippen molar-refractivity contribution >= 4 is 11.5 Å². The highest BCUT2D eigenvalue weighted by molar-refractivity contribution is 5.95. The summed E-state index contributed by atoms with van der Waals surface area (Å²) in [5.74, 6) is -0.141. The molecule has 0 amide bonds. The molecule has 104 valence electrons. The summed E-state index contributed by atoms with van der Waals surface area (Å²) in [4.78, 5) is 22.0. The number of aromatic nitrogens is 2. The van der Waals surface area contributed by atoms with Gasteiger partial charge in [-0.3, -0.25) is 14.9 Å². The third kappa shape index (κ3) is 3.92. The first kappa shape index (κ1) is 15.9. The number of rotatable bonds is 4. The van der Waals surface area contributed by atoms with Gasteiger partial charge in [-0.25, -0.2) is 0 Å². The lowest BCUT2D eigenvalue weighted by Gasteiger charge is -1.97. The molecule has 0 spiro atoms. The molecule has 0 fully saturated rings. The van der Waals surface area contributed by atoms with E-state index in [9.17, 15) is 14.9 Å². The van der Waals surface area contributed by atoms with E-state index in [4.69, 9.17) is 0 Å². The summed E-state index contributed by atoms with van der Waals surface area (Å²) in [7, 11) is 0. The van der Waals surface area contributed by atoms with Crippen LogP contribution in [0.3, 0.4) is 0 Å². The number of aryl methyl sites for hydroxylation is 1. The van der Waals surface area contributed by atoms with Crippen molar-refractivity contribution in [3.05, 3.63) is 64.0 Å². The third-order valence-corrected chi connectivity index (χ3v) is 2.59. The molecule has 0 saturated carbocycles. The zero-order chi connectivity index (χ0) is 13.8. The van der Waals surface area contributed by atoms with Gasteiger partial charge in [0.2, 0.25) is 12.3 Å². The number of Topliss-reactive ketones (excluding diaryl/α,β-unsaturated/α-hetero) is 1. The molecule has 20 heavy (non-hydrogen) atoms. The average molecular weight is 338 g/mol. The molecule has 6 nitrogen and oxygen atoms in total. The predicted octanol–water partition coefficient (Wildman–Crippen LogP) is -1.53. The summed E-state index contributed by atoms with van der Waals surface area (Å²) >= 11 is 0. The van der Waals surface area contributed by atoms with Crippen LogP contribution in [0.25, 0.3) is 0 Å². The summed E-state index contributed by atoms with van der Waals surface area (Å²) in [6, 6.07) is 9.20. The van der Waals surface area contributed by atoms with Crippen LogP contribution in [0.15, 0.2) is 42.6 Å². The second kappa shape index (κ2) is 6.85. The summed E-state index contributed by atoms with van der Waals surface area (Å²) < 4.78 is 1.54. The number of non-ortho nitro benzene ring substituents is 1. The standard InChI is InChI=1S/C13H12N3O3.BrH/c1-10-3-2-8-15(14-10)9-13(17)11-4-6-12(7-5-11)16(18)19;/h2-8H,9H2,1H3;1H/q+1;/p-1. The quantitative estimate of drug-likeness (QED) is 0.293. The first-order valence-corrected chi connectivity index (χ1v) is 5.67. The van der Waals surface area contributed by atoms with Crippen LogP contribution in [0.4, 0.5) is 5.69 Å². The minimum absolute atomic E-state index is 0. The van der Waals surface area contributed by atoms with Gasteiger partial charge in [-0.15, -0.1) is 0 Å². The monoisotopic (exact) mass is 337 g/mol. The van der Waals surface area contributed by atoms with E-state index in [1.165, 1.54) is 24.3 Å². The van der Waals surface area contributed by atoms with Crippen molar-refractivity contribution in [2.75, 3.05) is 0 Å². The summed E-state index contributed by atoms with van der Waals surface area (Å²) in [5, 5.41) is 14.7. The van der Waals surface area contributed by atoms with E-state index in [0.717, 1.165) is 5.69 Å². The van der Waals surface area contributed by atoms with Crippen molar-refractivity contribution in [1.82, 2.24) is 5.10 Å². The molecule has 0 atom stereocenters. The Morgan fingerprint density at radius 2 is 1.95 bits per heavy atom. The number of nitro benzene ring substituents is 1. The molecule has 1 aromatic carbocycles. The molecule has 0 aliphatic carbocycles. The normalized spacial score (nSPS) is 9.65. The molecule has 1 aromatic heterocycles. The van der Waals surface area contributed by atoms with Gasteiger partial charge < -0.3 is 17.0 Å². The van der Waals surface area contributed by atoms with E-state index in [-0.39, 0.29) is 35.0 Å². The van der Waals surface area contributed by atoms with Gasteiger partial charge in [0.1, 0.15) is 5.69 Å². The molecule has 2 rings (SSSR count). The van der Waals surface area contributed by atoms with Gasteiger partial charge in [0, 0.05) is 23.8 Å². The van der Waals surface area contributed by atoms with Crippen LogP contribution in [0.2, 0.25) is 0 Å². The first-order chi connectivity index (χ1) is 9.06. The highest BCUT2D eigenvalue weighted by Gasteiger charge is 2.15. The van der Waals surface area contributed by atoms with Gasteiger partial charge in [-0.05, 0) is 30.2 Å². The molecular weight excluding hydrogens is 326 g/mol. The molecule has 0 radical (unpaired) electrons. The van der Waals surface area contributed by atoms with Crippen molar-refractivity contribution < 1.29 is 31.4 Å². The summed E-state index contributed by atoms with van der Waals surface area (Å²) in [5.41, 5.74) is 1.22. The highest BCUT2D eigenvalue weighted by atomic mass is 79.9. The van der Waals surface area contributed by atoms with E-state index >= 15 is 0 Å². The Kier molecular flexibility index (Phi) is 5.45. The number of benzene rings is 1. The molecule has 0 unspecified atom stereocenters. The van der Waals surface area contributed by atoms with Crippen LogP contribution < -0.4 is 21.7 Å². The fraction of sp³-hybridized carbons (Fsp3) is 0.154. The number of carbonyl (C=O) groups excluding carboxylic acids is 1. The van der Waals surface area contributed by atoms with E-state index < -0.39 is 4.92 Å². The van der Waals surface area contributed by atoms with Gasteiger partial charge in [-0.1, -0.05) is 4.68 Å². The van der Waals surface area contributed by atoms with Gasteiger partial charge in [0.15, 0.2) is 6.20 Å². The van der Waals surface area contributed by atoms with Crippen molar-refractivity contribution in [3.8, 4) is 0 Å². The van der Waals surface area contributed by atoms with E-state index in [1.54, 1.807) is 10.9 Å². The number of hydrogen-bond donors (Lipinski definition) is 0. The zero-order valence-electron chi connectivity index (χ0n) is 10.7. The maximum Gasteiger partial charge on any atom is 0.269 e. The number of nitro groups is 1. The van der Waals surface area contributed by atoms with Crippen LogP contribution >= 0.6 is 0 Å². The maximum atomic E-state index is 12.0. The van der Waals surface area contributed by atoms with Crippen molar-refractivity contribution in [2.24, 2.45) is 0 Å².